The number of hydrogen-bond donors (Lipinski definition) is 1. The van der Waals surface area contributed by atoms with Crippen molar-refractivity contribution in [2.45, 2.75) is 26.2 Å². The summed E-state index contributed by atoms with van der Waals surface area (Å²) in [6, 6.07) is 3.59. The second-order valence-corrected chi connectivity index (χ2v) is 5.61. The summed E-state index contributed by atoms with van der Waals surface area (Å²) in [4.78, 5) is 25.8. The average molecular weight is 277 g/mol. The maximum absolute atomic E-state index is 13.4. The predicted molar refractivity (Wildman–Crippen MR) is 70.6 cm³/mol. The van der Waals surface area contributed by atoms with Crippen LogP contribution >= 0.6 is 0 Å². The number of carbonyl (C=O) groups is 2. The molecule has 20 heavy (non-hydrogen) atoms. The third-order valence-electron chi connectivity index (χ3n) is 4.50. The molecule has 1 saturated carbocycles. The predicted octanol–water partition coefficient (Wildman–Crippen LogP) is 2.46. The first kappa shape index (κ1) is 13.1. The van der Waals surface area contributed by atoms with Gasteiger partial charge in [0.05, 0.1) is 17.5 Å². The van der Waals surface area contributed by atoms with E-state index in [1.165, 1.54) is 6.07 Å². The minimum atomic E-state index is -0.827. The van der Waals surface area contributed by atoms with Gasteiger partial charge in [-0.3, -0.25) is 9.59 Å². The largest absolute Gasteiger partial charge is 0.505 e. The highest BCUT2D eigenvalue weighted by molar-refractivity contribution is 6.22. The summed E-state index contributed by atoms with van der Waals surface area (Å²) < 4.78 is 13.4. The van der Waals surface area contributed by atoms with E-state index in [-0.39, 0.29) is 29.3 Å². The Hall–Kier alpha value is -1.91. The van der Waals surface area contributed by atoms with E-state index < -0.39 is 11.6 Å². The van der Waals surface area contributed by atoms with Crippen molar-refractivity contribution < 1.29 is 19.1 Å². The minimum absolute atomic E-state index is 0.206. The van der Waals surface area contributed by atoms with E-state index in [1.54, 1.807) is 0 Å². The molecule has 0 aromatic heterocycles. The molecule has 2 unspecified atom stereocenters. The summed E-state index contributed by atoms with van der Waals surface area (Å²) in [7, 11) is 0. The number of hydrogen-bond acceptors (Lipinski definition) is 3. The number of halogens is 1. The van der Waals surface area contributed by atoms with E-state index in [0.29, 0.717) is 5.92 Å². The molecule has 0 radical (unpaired) electrons. The number of rotatable bonds is 2. The van der Waals surface area contributed by atoms with Crippen LogP contribution in [0.1, 0.15) is 26.2 Å². The number of benzene rings is 1. The first-order chi connectivity index (χ1) is 9.52. The van der Waals surface area contributed by atoms with E-state index in [0.717, 1.165) is 36.3 Å². The zero-order valence-electron chi connectivity index (χ0n) is 11.2. The molecule has 4 nitrogen and oxygen atoms in total. The lowest BCUT2D eigenvalue weighted by Gasteiger charge is -2.17. The number of imide groups is 1. The number of aromatic hydroxyl groups is 1. The van der Waals surface area contributed by atoms with Crippen LogP contribution in [0.5, 0.6) is 5.75 Å². The fourth-order valence-corrected chi connectivity index (χ4v) is 3.35. The van der Waals surface area contributed by atoms with Crippen LogP contribution in [0.25, 0.3) is 0 Å². The summed E-state index contributed by atoms with van der Waals surface area (Å²) in [5.74, 6) is -1.88. The zero-order chi connectivity index (χ0) is 14.4. The van der Waals surface area contributed by atoms with Crippen molar-refractivity contribution in [3.63, 3.8) is 0 Å². The normalized spacial score (nSPS) is 29.1. The van der Waals surface area contributed by atoms with Gasteiger partial charge in [-0.25, -0.2) is 9.29 Å². The maximum Gasteiger partial charge on any atom is 0.237 e. The molecule has 2 fully saturated rings. The molecule has 2 atom stereocenters. The van der Waals surface area contributed by atoms with Crippen LogP contribution in [0, 0.1) is 23.6 Å². The van der Waals surface area contributed by atoms with Gasteiger partial charge in [0.25, 0.3) is 0 Å². The number of nitrogens with zero attached hydrogens (tertiary/aromatic N) is 1. The molecule has 0 spiro atoms. The van der Waals surface area contributed by atoms with Crippen LogP contribution in [0.2, 0.25) is 0 Å². The van der Waals surface area contributed by atoms with Crippen molar-refractivity contribution in [3.8, 4) is 5.75 Å². The van der Waals surface area contributed by atoms with Crippen LogP contribution in [-0.2, 0) is 9.59 Å². The van der Waals surface area contributed by atoms with Gasteiger partial charge in [0.1, 0.15) is 0 Å². The van der Waals surface area contributed by atoms with Gasteiger partial charge >= 0.3 is 0 Å². The highest BCUT2D eigenvalue weighted by Crippen LogP contribution is 2.45. The van der Waals surface area contributed by atoms with Gasteiger partial charge in [0.15, 0.2) is 11.6 Å². The molecule has 1 heterocycles. The van der Waals surface area contributed by atoms with Crippen LogP contribution in [-0.4, -0.2) is 16.9 Å². The van der Waals surface area contributed by atoms with Crippen molar-refractivity contribution in [1.82, 2.24) is 0 Å². The van der Waals surface area contributed by atoms with Gasteiger partial charge in [-0.1, -0.05) is 13.3 Å². The Morgan fingerprint density at radius 1 is 1.25 bits per heavy atom. The second-order valence-electron chi connectivity index (χ2n) is 5.61. The fraction of sp³-hybridized carbons (Fsp3) is 0.467. The monoisotopic (exact) mass is 277 g/mol. The molecule has 106 valence electrons. The Labute approximate surface area is 116 Å². The number of amides is 2. The van der Waals surface area contributed by atoms with Crippen molar-refractivity contribution in [2.24, 2.45) is 17.8 Å². The molecule has 2 aliphatic rings. The number of anilines is 1. The Morgan fingerprint density at radius 2 is 1.85 bits per heavy atom. The molecule has 0 bridgehead atoms. The van der Waals surface area contributed by atoms with Crippen molar-refractivity contribution >= 4 is 17.5 Å². The van der Waals surface area contributed by atoms with Gasteiger partial charge in [-0.15, -0.1) is 0 Å². The average Bonchev–Trinajstić information content (AvgIpc) is 2.94. The number of phenols is 1. The lowest BCUT2D eigenvalue weighted by molar-refractivity contribution is -0.123. The third-order valence-corrected chi connectivity index (χ3v) is 4.50. The zero-order valence-corrected chi connectivity index (χ0v) is 11.2. The summed E-state index contributed by atoms with van der Waals surface area (Å²) in [6.07, 6.45) is 2.45. The van der Waals surface area contributed by atoms with Crippen molar-refractivity contribution in [1.29, 1.82) is 0 Å². The molecular formula is C15H16FNO3. The molecule has 1 aromatic rings. The van der Waals surface area contributed by atoms with Crippen LogP contribution in [0.15, 0.2) is 18.2 Å². The van der Waals surface area contributed by atoms with Crippen LogP contribution < -0.4 is 4.90 Å². The summed E-state index contributed by atoms with van der Waals surface area (Å²) in [5.41, 5.74) is 0.206. The molecule has 1 aliphatic heterocycles. The quantitative estimate of drug-likeness (QED) is 0.845. The first-order valence-electron chi connectivity index (χ1n) is 6.89. The third kappa shape index (κ3) is 1.80. The Morgan fingerprint density at radius 3 is 2.35 bits per heavy atom. The number of fused-ring (bicyclic) bond motifs is 1. The second kappa shape index (κ2) is 4.58. The van der Waals surface area contributed by atoms with Gasteiger partial charge in [0.2, 0.25) is 11.8 Å². The maximum atomic E-state index is 13.4. The molecule has 1 aromatic carbocycles. The van der Waals surface area contributed by atoms with Crippen LogP contribution in [0.4, 0.5) is 10.1 Å². The molecule has 1 saturated heterocycles. The molecular weight excluding hydrogens is 261 g/mol. The molecule has 1 aliphatic carbocycles. The molecule has 3 rings (SSSR count). The minimum Gasteiger partial charge on any atom is -0.505 e. The number of carbonyl (C=O) groups excluding carboxylic acids is 2. The smallest absolute Gasteiger partial charge is 0.237 e. The Balaban J connectivity index is 1.91. The van der Waals surface area contributed by atoms with Gasteiger partial charge in [-0.05, 0) is 30.9 Å². The number of phenolic OH excluding ortho intramolecular Hbond substituents is 1. The topological polar surface area (TPSA) is 57.6 Å². The molecule has 2 amide bonds. The van der Waals surface area contributed by atoms with Crippen LogP contribution in [0.3, 0.4) is 0 Å². The lowest BCUT2D eigenvalue weighted by Crippen LogP contribution is -2.32. The Bertz CT molecular complexity index is 562. The highest BCUT2D eigenvalue weighted by atomic mass is 19.1. The molecule has 5 heteroatoms. The molecule has 1 N–H and O–H groups in total. The highest BCUT2D eigenvalue weighted by Gasteiger charge is 2.52. The van der Waals surface area contributed by atoms with Gasteiger partial charge in [-0.2, -0.15) is 0 Å². The summed E-state index contributed by atoms with van der Waals surface area (Å²) in [6.45, 7) is 2.06. The SMILES string of the molecule is CCC1CC2C(=O)N(c3ccc(O)c(F)c3)C(=O)C2C1. The summed E-state index contributed by atoms with van der Waals surface area (Å²) >= 11 is 0. The fourth-order valence-electron chi connectivity index (χ4n) is 3.35. The van der Waals surface area contributed by atoms with E-state index in [9.17, 15) is 19.1 Å². The Kier molecular flexibility index (Phi) is 3.00. The van der Waals surface area contributed by atoms with E-state index in [1.807, 2.05) is 0 Å². The van der Waals surface area contributed by atoms with Crippen molar-refractivity contribution in [2.75, 3.05) is 4.90 Å². The first-order valence-corrected chi connectivity index (χ1v) is 6.89. The van der Waals surface area contributed by atoms with Gasteiger partial charge < -0.3 is 5.11 Å². The van der Waals surface area contributed by atoms with E-state index in [2.05, 4.69) is 6.92 Å². The summed E-state index contributed by atoms with van der Waals surface area (Å²) in [5, 5.41) is 9.18. The lowest BCUT2D eigenvalue weighted by atomic mass is 10.00. The standard InChI is InChI=1S/C15H16FNO3/c1-2-8-5-10-11(6-8)15(20)17(14(10)19)9-3-4-13(18)12(16)7-9/h3-4,7-8,10-11,18H,2,5-6H2,1H3. The van der Waals surface area contributed by atoms with Crippen molar-refractivity contribution in [3.05, 3.63) is 24.0 Å². The van der Waals surface area contributed by atoms with E-state index >= 15 is 0 Å². The van der Waals surface area contributed by atoms with Gasteiger partial charge in [0, 0.05) is 6.07 Å². The van der Waals surface area contributed by atoms with E-state index in [4.69, 9.17) is 0 Å².